The van der Waals surface area contributed by atoms with Crippen LogP contribution in [-0.4, -0.2) is 6.29 Å². The van der Waals surface area contributed by atoms with Gasteiger partial charge in [0.2, 0.25) is 0 Å². The molecular weight excluding hydrogens is 247 g/mol. The third-order valence-corrected chi connectivity index (χ3v) is 4.23. The molecule has 1 heterocycles. The van der Waals surface area contributed by atoms with Gasteiger partial charge in [0.1, 0.15) is 4.34 Å². The fraction of sp³-hybridized carbons (Fsp3) is 0.286. The Balaban J connectivity index is 3.26. The minimum Gasteiger partial charge on any atom is -0.298 e. The van der Waals surface area contributed by atoms with Crippen LogP contribution in [0.15, 0.2) is 4.47 Å². The van der Waals surface area contributed by atoms with E-state index in [4.69, 9.17) is 11.6 Å². The SMILES string of the molecule is CCc1sc(Cl)c(Br)c1C=O. The van der Waals surface area contributed by atoms with Gasteiger partial charge in [0.05, 0.1) is 4.47 Å². The second-order valence-electron chi connectivity index (χ2n) is 2.00. The average molecular weight is 254 g/mol. The van der Waals surface area contributed by atoms with Crippen molar-refractivity contribution in [1.29, 1.82) is 0 Å². The highest BCUT2D eigenvalue weighted by molar-refractivity contribution is 9.10. The lowest BCUT2D eigenvalue weighted by molar-refractivity contribution is 0.112. The van der Waals surface area contributed by atoms with Crippen LogP contribution >= 0.6 is 38.9 Å². The Bertz CT molecular complexity index is 282. The van der Waals surface area contributed by atoms with Gasteiger partial charge in [-0.25, -0.2) is 0 Å². The van der Waals surface area contributed by atoms with E-state index in [9.17, 15) is 4.79 Å². The number of aldehydes is 1. The Labute approximate surface area is 82.5 Å². The smallest absolute Gasteiger partial charge is 0.152 e. The largest absolute Gasteiger partial charge is 0.298 e. The summed E-state index contributed by atoms with van der Waals surface area (Å²) in [6.45, 7) is 2.00. The van der Waals surface area contributed by atoms with Crippen LogP contribution in [0, 0.1) is 0 Å². The van der Waals surface area contributed by atoms with E-state index in [1.54, 1.807) is 0 Å². The molecule has 0 aliphatic carbocycles. The van der Waals surface area contributed by atoms with Gasteiger partial charge in [-0.1, -0.05) is 18.5 Å². The third kappa shape index (κ3) is 1.66. The summed E-state index contributed by atoms with van der Waals surface area (Å²) < 4.78 is 1.39. The molecule has 0 atom stereocenters. The van der Waals surface area contributed by atoms with Crippen molar-refractivity contribution in [3.8, 4) is 0 Å². The zero-order valence-electron chi connectivity index (χ0n) is 5.86. The summed E-state index contributed by atoms with van der Waals surface area (Å²) in [4.78, 5) is 11.6. The van der Waals surface area contributed by atoms with E-state index in [0.717, 1.165) is 22.1 Å². The number of halogens is 2. The highest BCUT2D eigenvalue weighted by Gasteiger charge is 2.12. The molecule has 0 aromatic carbocycles. The van der Waals surface area contributed by atoms with Gasteiger partial charge in [0.25, 0.3) is 0 Å². The first-order chi connectivity index (χ1) is 5.20. The van der Waals surface area contributed by atoms with Gasteiger partial charge in [0.15, 0.2) is 6.29 Å². The molecule has 0 N–H and O–H groups in total. The van der Waals surface area contributed by atoms with Crippen molar-refractivity contribution in [2.45, 2.75) is 13.3 Å². The molecule has 0 radical (unpaired) electrons. The van der Waals surface area contributed by atoms with Crippen LogP contribution in [0.25, 0.3) is 0 Å². The first-order valence-corrected chi connectivity index (χ1v) is 5.11. The number of thiophene rings is 1. The second-order valence-corrected chi connectivity index (χ2v) is 4.50. The summed E-state index contributed by atoms with van der Waals surface area (Å²) in [6, 6.07) is 0. The Morgan fingerprint density at radius 1 is 1.73 bits per heavy atom. The standard InChI is InChI=1S/C7H6BrClOS/c1-2-5-4(3-10)6(8)7(9)11-5/h3H,2H2,1H3. The second kappa shape index (κ2) is 3.70. The molecule has 0 fully saturated rings. The molecule has 1 rings (SSSR count). The minimum atomic E-state index is 0.656. The summed E-state index contributed by atoms with van der Waals surface area (Å²) in [6.07, 6.45) is 1.69. The van der Waals surface area contributed by atoms with Gasteiger partial charge in [-0.2, -0.15) is 0 Å². The van der Waals surface area contributed by atoms with E-state index in [1.807, 2.05) is 6.92 Å². The summed E-state index contributed by atoms with van der Waals surface area (Å²) in [5.41, 5.74) is 0.697. The van der Waals surface area contributed by atoms with Crippen molar-refractivity contribution in [2.75, 3.05) is 0 Å². The van der Waals surface area contributed by atoms with E-state index in [2.05, 4.69) is 15.9 Å². The molecule has 0 amide bonds. The first-order valence-electron chi connectivity index (χ1n) is 3.12. The minimum absolute atomic E-state index is 0.656. The Morgan fingerprint density at radius 3 is 2.73 bits per heavy atom. The van der Waals surface area contributed by atoms with Crippen molar-refractivity contribution < 1.29 is 4.79 Å². The number of carbonyl (C=O) groups excluding carboxylic acids is 1. The molecule has 0 unspecified atom stereocenters. The van der Waals surface area contributed by atoms with E-state index in [-0.39, 0.29) is 0 Å². The molecule has 0 bridgehead atoms. The van der Waals surface area contributed by atoms with E-state index in [0.29, 0.717) is 9.90 Å². The van der Waals surface area contributed by atoms with Crippen LogP contribution in [0.1, 0.15) is 22.2 Å². The predicted octanol–water partition coefficient (Wildman–Crippen LogP) is 3.54. The fourth-order valence-electron chi connectivity index (χ4n) is 0.816. The Morgan fingerprint density at radius 2 is 2.36 bits per heavy atom. The molecule has 1 aromatic heterocycles. The maximum atomic E-state index is 10.5. The molecule has 0 spiro atoms. The maximum absolute atomic E-state index is 10.5. The molecule has 60 valence electrons. The zero-order chi connectivity index (χ0) is 8.43. The van der Waals surface area contributed by atoms with Gasteiger partial charge < -0.3 is 0 Å². The van der Waals surface area contributed by atoms with Gasteiger partial charge in [-0.05, 0) is 22.4 Å². The number of aryl methyl sites for hydroxylation is 1. The van der Waals surface area contributed by atoms with Crippen LogP contribution in [-0.2, 0) is 6.42 Å². The summed E-state index contributed by atoms with van der Waals surface area (Å²) in [7, 11) is 0. The summed E-state index contributed by atoms with van der Waals surface area (Å²) in [5.74, 6) is 0. The van der Waals surface area contributed by atoms with Crippen molar-refractivity contribution >= 4 is 45.2 Å². The molecule has 0 saturated carbocycles. The molecule has 0 saturated heterocycles. The van der Waals surface area contributed by atoms with Crippen molar-refractivity contribution in [2.24, 2.45) is 0 Å². The first kappa shape index (κ1) is 9.23. The quantitative estimate of drug-likeness (QED) is 0.737. The Hall–Kier alpha value is 0.140. The molecule has 1 nitrogen and oxygen atoms in total. The topological polar surface area (TPSA) is 17.1 Å². The van der Waals surface area contributed by atoms with Crippen LogP contribution in [0.2, 0.25) is 4.34 Å². The van der Waals surface area contributed by atoms with Crippen molar-refractivity contribution in [3.63, 3.8) is 0 Å². The summed E-state index contributed by atoms with van der Waals surface area (Å²) in [5, 5.41) is 0. The predicted molar refractivity (Wildman–Crippen MR) is 51.8 cm³/mol. The van der Waals surface area contributed by atoms with Crippen LogP contribution in [0.4, 0.5) is 0 Å². The molecule has 1 aromatic rings. The normalized spacial score (nSPS) is 10.1. The zero-order valence-corrected chi connectivity index (χ0v) is 9.02. The lowest BCUT2D eigenvalue weighted by Gasteiger charge is -1.89. The fourth-order valence-corrected chi connectivity index (χ4v) is 2.72. The van der Waals surface area contributed by atoms with Crippen LogP contribution < -0.4 is 0 Å². The van der Waals surface area contributed by atoms with E-state index < -0.39 is 0 Å². The molecule has 0 aliphatic rings. The summed E-state index contributed by atoms with van der Waals surface area (Å²) >= 11 is 10.5. The third-order valence-electron chi connectivity index (χ3n) is 1.36. The average Bonchev–Trinajstić information content (AvgIpc) is 2.28. The van der Waals surface area contributed by atoms with E-state index in [1.165, 1.54) is 11.3 Å². The molecule has 0 aliphatic heterocycles. The number of carbonyl (C=O) groups is 1. The molecular formula is C7H6BrClOS. The van der Waals surface area contributed by atoms with Gasteiger partial charge >= 0.3 is 0 Å². The number of hydrogen-bond acceptors (Lipinski definition) is 2. The maximum Gasteiger partial charge on any atom is 0.152 e. The van der Waals surface area contributed by atoms with Crippen LogP contribution in [0.5, 0.6) is 0 Å². The molecule has 11 heavy (non-hydrogen) atoms. The van der Waals surface area contributed by atoms with E-state index >= 15 is 0 Å². The monoisotopic (exact) mass is 252 g/mol. The van der Waals surface area contributed by atoms with Gasteiger partial charge in [0, 0.05) is 10.4 Å². The van der Waals surface area contributed by atoms with Crippen molar-refractivity contribution in [1.82, 2.24) is 0 Å². The number of hydrogen-bond donors (Lipinski definition) is 0. The van der Waals surface area contributed by atoms with Crippen molar-refractivity contribution in [3.05, 3.63) is 19.2 Å². The van der Waals surface area contributed by atoms with Gasteiger partial charge in [-0.3, -0.25) is 4.79 Å². The lowest BCUT2D eigenvalue weighted by atomic mass is 10.2. The highest BCUT2D eigenvalue weighted by atomic mass is 79.9. The Kier molecular flexibility index (Phi) is 3.10. The van der Waals surface area contributed by atoms with Gasteiger partial charge in [-0.15, -0.1) is 11.3 Å². The lowest BCUT2D eigenvalue weighted by Crippen LogP contribution is -1.82. The number of rotatable bonds is 2. The highest BCUT2D eigenvalue weighted by Crippen LogP contribution is 2.36. The van der Waals surface area contributed by atoms with Crippen LogP contribution in [0.3, 0.4) is 0 Å². The molecule has 4 heteroatoms.